The molecule has 0 aliphatic heterocycles. The highest BCUT2D eigenvalue weighted by Crippen LogP contribution is 2.19. The summed E-state index contributed by atoms with van der Waals surface area (Å²) in [7, 11) is -3.62. The average Bonchev–Trinajstić information content (AvgIpc) is 2.79. The van der Waals surface area contributed by atoms with Crippen molar-refractivity contribution in [3.05, 3.63) is 47.3 Å². The van der Waals surface area contributed by atoms with Crippen LogP contribution in [0.2, 0.25) is 0 Å². The summed E-state index contributed by atoms with van der Waals surface area (Å²) in [6.07, 6.45) is 0.507. The van der Waals surface area contributed by atoms with Crippen LogP contribution in [-0.4, -0.2) is 20.1 Å². The molecule has 21 heavy (non-hydrogen) atoms. The predicted molar refractivity (Wildman–Crippen MR) is 79.2 cm³/mol. The minimum Gasteiger partial charge on any atom is -0.360 e. The van der Waals surface area contributed by atoms with E-state index in [0.717, 1.165) is 5.56 Å². The summed E-state index contributed by atoms with van der Waals surface area (Å²) in [5.41, 5.74) is 7.37. The quantitative estimate of drug-likeness (QED) is 0.845. The summed E-state index contributed by atoms with van der Waals surface area (Å²) in [5.74, 6) is 0.285. The van der Waals surface area contributed by atoms with Gasteiger partial charge in [0, 0.05) is 12.6 Å². The summed E-state index contributed by atoms with van der Waals surface area (Å²) < 4.78 is 31.8. The average molecular weight is 309 g/mol. The minimum atomic E-state index is -3.62. The molecule has 0 fully saturated rings. The molecule has 0 saturated heterocycles. The van der Waals surface area contributed by atoms with Gasteiger partial charge in [-0.1, -0.05) is 35.5 Å². The maximum Gasteiger partial charge on any atom is 0.245 e. The second-order valence-corrected chi connectivity index (χ2v) is 6.56. The largest absolute Gasteiger partial charge is 0.360 e. The van der Waals surface area contributed by atoms with Crippen LogP contribution in [0.3, 0.4) is 0 Å². The summed E-state index contributed by atoms with van der Waals surface area (Å²) >= 11 is 0. The fourth-order valence-electron chi connectivity index (χ4n) is 2.15. The monoisotopic (exact) mass is 309 g/mol. The molecular weight excluding hydrogens is 290 g/mol. The standard InChI is InChI=1S/C14H19N3O3S/c1-10-14(11(2)20-17-10)21(18,19)16-9-8-13(15)12-6-4-3-5-7-12/h3-7,13,16H,8-9,15H2,1-2H3. The van der Waals surface area contributed by atoms with Crippen LogP contribution in [0.1, 0.15) is 29.5 Å². The lowest BCUT2D eigenvalue weighted by Gasteiger charge is -2.12. The predicted octanol–water partition coefficient (Wildman–Crippen LogP) is 1.66. The summed E-state index contributed by atoms with van der Waals surface area (Å²) in [4.78, 5) is 0.107. The number of rotatable bonds is 6. The van der Waals surface area contributed by atoms with Crippen molar-refractivity contribution in [3.63, 3.8) is 0 Å². The minimum absolute atomic E-state index is 0.107. The molecular formula is C14H19N3O3S. The highest BCUT2D eigenvalue weighted by atomic mass is 32.2. The molecule has 1 atom stereocenters. The molecule has 1 unspecified atom stereocenters. The molecule has 1 heterocycles. The number of nitrogens with one attached hydrogen (secondary N) is 1. The van der Waals surface area contributed by atoms with Crippen molar-refractivity contribution in [1.29, 1.82) is 0 Å². The van der Waals surface area contributed by atoms with Crippen molar-refractivity contribution >= 4 is 10.0 Å². The van der Waals surface area contributed by atoms with Crippen molar-refractivity contribution in [2.45, 2.75) is 31.2 Å². The normalized spacial score (nSPS) is 13.3. The van der Waals surface area contributed by atoms with E-state index in [1.165, 1.54) is 0 Å². The van der Waals surface area contributed by atoms with E-state index in [1.807, 2.05) is 30.3 Å². The molecule has 7 heteroatoms. The third kappa shape index (κ3) is 3.69. The molecule has 2 aromatic rings. The third-order valence-electron chi connectivity index (χ3n) is 3.21. The number of aryl methyl sites for hydroxylation is 2. The first-order chi connectivity index (χ1) is 9.92. The van der Waals surface area contributed by atoms with E-state index in [4.69, 9.17) is 10.3 Å². The number of hydrogen-bond donors (Lipinski definition) is 2. The van der Waals surface area contributed by atoms with Crippen molar-refractivity contribution in [2.75, 3.05) is 6.54 Å². The summed E-state index contributed by atoms with van der Waals surface area (Å²) in [6.45, 7) is 3.42. The molecule has 1 aromatic carbocycles. The Kier molecular flexibility index (Phi) is 4.76. The lowest BCUT2D eigenvalue weighted by molar-refractivity contribution is 0.390. The second kappa shape index (κ2) is 6.38. The van der Waals surface area contributed by atoms with Gasteiger partial charge in [0.2, 0.25) is 10.0 Å². The Morgan fingerprint density at radius 3 is 2.52 bits per heavy atom. The van der Waals surface area contributed by atoms with Gasteiger partial charge in [0.1, 0.15) is 10.6 Å². The van der Waals surface area contributed by atoms with E-state index in [0.29, 0.717) is 12.1 Å². The van der Waals surface area contributed by atoms with E-state index >= 15 is 0 Å². The van der Waals surface area contributed by atoms with Crippen LogP contribution in [-0.2, 0) is 10.0 Å². The zero-order valence-corrected chi connectivity index (χ0v) is 12.9. The maximum absolute atomic E-state index is 12.2. The van der Waals surface area contributed by atoms with Crippen LogP contribution in [0, 0.1) is 13.8 Å². The molecule has 0 radical (unpaired) electrons. The van der Waals surface area contributed by atoms with Gasteiger partial charge in [-0.05, 0) is 25.8 Å². The van der Waals surface area contributed by atoms with Crippen LogP contribution in [0.25, 0.3) is 0 Å². The number of sulfonamides is 1. The number of nitrogens with zero attached hydrogens (tertiary/aromatic N) is 1. The van der Waals surface area contributed by atoms with E-state index < -0.39 is 10.0 Å². The van der Waals surface area contributed by atoms with Crippen molar-refractivity contribution in [2.24, 2.45) is 5.73 Å². The molecule has 6 nitrogen and oxygen atoms in total. The van der Waals surface area contributed by atoms with E-state index in [1.54, 1.807) is 13.8 Å². The molecule has 114 valence electrons. The van der Waals surface area contributed by atoms with Crippen molar-refractivity contribution in [1.82, 2.24) is 9.88 Å². The third-order valence-corrected chi connectivity index (χ3v) is 4.92. The number of benzene rings is 1. The Bertz CT molecular complexity index is 676. The molecule has 0 aliphatic carbocycles. The Morgan fingerprint density at radius 2 is 1.95 bits per heavy atom. The van der Waals surface area contributed by atoms with Gasteiger partial charge in [0.25, 0.3) is 0 Å². The first-order valence-electron chi connectivity index (χ1n) is 6.65. The van der Waals surface area contributed by atoms with Gasteiger partial charge in [-0.25, -0.2) is 13.1 Å². The van der Waals surface area contributed by atoms with Crippen LogP contribution < -0.4 is 10.5 Å². The molecule has 1 aromatic heterocycles. The van der Waals surface area contributed by atoms with Gasteiger partial charge in [0.15, 0.2) is 5.76 Å². The molecule has 0 bridgehead atoms. The van der Waals surface area contributed by atoms with Crippen LogP contribution in [0.4, 0.5) is 0 Å². The van der Waals surface area contributed by atoms with Crippen molar-refractivity contribution in [3.8, 4) is 0 Å². The molecule has 0 aliphatic rings. The van der Waals surface area contributed by atoms with Crippen LogP contribution in [0.5, 0.6) is 0 Å². The van der Waals surface area contributed by atoms with Gasteiger partial charge < -0.3 is 10.3 Å². The van der Waals surface area contributed by atoms with E-state index in [-0.39, 0.29) is 23.2 Å². The topological polar surface area (TPSA) is 98.2 Å². The highest BCUT2D eigenvalue weighted by Gasteiger charge is 2.23. The van der Waals surface area contributed by atoms with Gasteiger partial charge in [-0.2, -0.15) is 0 Å². The Hall–Kier alpha value is -1.70. The second-order valence-electron chi connectivity index (χ2n) is 4.86. The first kappa shape index (κ1) is 15.7. The Labute approximate surface area is 124 Å². The summed E-state index contributed by atoms with van der Waals surface area (Å²) in [5, 5.41) is 3.65. The zero-order chi connectivity index (χ0) is 15.5. The smallest absolute Gasteiger partial charge is 0.245 e. The van der Waals surface area contributed by atoms with E-state index in [9.17, 15) is 8.42 Å². The SMILES string of the molecule is Cc1noc(C)c1S(=O)(=O)NCCC(N)c1ccccc1. The van der Waals surface area contributed by atoms with Gasteiger partial charge in [-0.15, -0.1) is 0 Å². The van der Waals surface area contributed by atoms with Crippen molar-refractivity contribution < 1.29 is 12.9 Å². The fourth-order valence-corrected chi connectivity index (χ4v) is 3.52. The van der Waals surface area contributed by atoms with E-state index in [2.05, 4.69) is 9.88 Å². The number of hydrogen-bond acceptors (Lipinski definition) is 5. The van der Waals surface area contributed by atoms with Crippen LogP contribution >= 0.6 is 0 Å². The van der Waals surface area contributed by atoms with Gasteiger partial charge >= 0.3 is 0 Å². The maximum atomic E-state index is 12.2. The lowest BCUT2D eigenvalue weighted by atomic mass is 10.1. The van der Waals surface area contributed by atoms with Gasteiger partial charge in [0.05, 0.1) is 0 Å². The Morgan fingerprint density at radius 1 is 1.29 bits per heavy atom. The van der Waals surface area contributed by atoms with Gasteiger partial charge in [-0.3, -0.25) is 0 Å². The molecule has 0 spiro atoms. The number of nitrogens with two attached hydrogens (primary N) is 1. The zero-order valence-electron chi connectivity index (χ0n) is 12.0. The highest BCUT2D eigenvalue weighted by molar-refractivity contribution is 7.89. The molecule has 0 amide bonds. The molecule has 0 saturated carbocycles. The number of aromatic nitrogens is 1. The Balaban J connectivity index is 1.97. The first-order valence-corrected chi connectivity index (χ1v) is 8.13. The molecule has 2 rings (SSSR count). The fraction of sp³-hybridized carbons (Fsp3) is 0.357. The summed E-state index contributed by atoms with van der Waals surface area (Å²) in [6, 6.07) is 9.36. The lowest BCUT2D eigenvalue weighted by Crippen LogP contribution is -2.28. The van der Waals surface area contributed by atoms with Crippen LogP contribution in [0.15, 0.2) is 39.8 Å². The molecule has 3 N–H and O–H groups in total.